The maximum Gasteiger partial charge on any atom is 0.140 e. The number of nitrogens with one attached hydrogen (secondary N) is 1. The van der Waals surface area contributed by atoms with Gasteiger partial charge in [-0.05, 0) is 36.8 Å². The van der Waals surface area contributed by atoms with E-state index in [0.717, 1.165) is 16.6 Å². The van der Waals surface area contributed by atoms with E-state index < -0.39 is 0 Å². The highest BCUT2D eigenvalue weighted by molar-refractivity contribution is 5.84. The van der Waals surface area contributed by atoms with Crippen molar-refractivity contribution in [3.63, 3.8) is 0 Å². The van der Waals surface area contributed by atoms with Crippen molar-refractivity contribution in [2.45, 2.75) is 6.92 Å². The van der Waals surface area contributed by atoms with Crippen LogP contribution in [0.1, 0.15) is 5.56 Å². The van der Waals surface area contributed by atoms with E-state index in [4.69, 9.17) is 5.73 Å². The molecular weight excluding hydrogens is 229 g/mol. The number of nitrogens with two attached hydrogens (primary N) is 1. The highest BCUT2D eigenvalue weighted by atomic mass is 19.1. The molecule has 0 fully saturated rings. The lowest BCUT2D eigenvalue weighted by atomic mass is 10.1. The van der Waals surface area contributed by atoms with E-state index in [1.807, 2.05) is 25.1 Å². The van der Waals surface area contributed by atoms with Gasteiger partial charge in [-0.25, -0.2) is 9.37 Å². The molecule has 3 aromatic rings. The van der Waals surface area contributed by atoms with Gasteiger partial charge >= 0.3 is 0 Å². The SMILES string of the molecule is Cc1cccc2[nH]c(-c3cc(F)ccc3N)nc12. The third-order valence-electron chi connectivity index (χ3n) is 2.98. The summed E-state index contributed by atoms with van der Waals surface area (Å²) in [5.41, 5.74) is 9.83. The first kappa shape index (κ1) is 10.8. The molecule has 1 aromatic heterocycles. The molecular formula is C14H12FN3. The Morgan fingerprint density at radius 1 is 1.22 bits per heavy atom. The predicted molar refractivity (Wildman–Crippen MR) is 70.6 cm³/mol. The Morgan fingerprint density at radius 2 is 2.06 bits per heavy atom. The van der Waals surface area contributed by atoms with Crippen molar-refractivity contribution >= 4 is 16.7 Å². The zero-order valence-corrected chi connectivity index (χ0v) is 9.87. The second-order valence-electron chi connectivity index (χ2n) is 4.29. The minimum absolute atomic E-state index is 0.323. The number of hydrogen-bond donors (Lipinski definition) is 2. The van der Waals surface area contributed by atoms with Crippen LogP contribution < -0.4 is 5.73 Å². The quantitative estimate of drug-likeness (QED) is 0.642. The molecule has 0 spiro atoms. The summed E-state index contributed by atoms with van der Waals surface area (Å²) >= 11 is 0. The van der Waals surface area contributed by atoms with Crippen LogP contribution in [-0.2, 0) is 0 Å². The largest absolute Gasteiger partial charge is 0.398 e. The summed E-state index contributed by atoms with van der Waals surface area (Å²) in [6, 6.07) is 10.2. The monoisotopic (exact) mass is 241 g/mol. The number of nitrogens with zero attached hydrogens (tertiary/aromatic N) is 1. The van der Waals surface area contributed by atoms with Crippen molar-refractivity contribution in [3.8, 4) is 11.4 Å². The number of hydrogen-bond acceptors (Lipinski definition) is 2. The topological polar surface area (TPSA) is 54.7 Å². The maximum atomic E-state index is 13.3. The minimum atomic E-state index is -0.323. The third-order valence-corrected chi connectivity index (χ3v) is 2.98. The predicted octanol–water partition coefficient (Wildman–Crippen LogP) is 3.26. The number of rotatable bonds is 1. The van der Waals surface area contributed by atoms with Crippen LogP contribution in [-0.4, -0.2) is 9.97 Å². The van der Waals surface area contributed by atoms with Gasteiger partial charge in [-0.3, -0.25) is 0 Å². The van der Waals surface area contributed by atoms with Crippen molar-refractivity contribution in [1.82, 2.24) is 9.97 Å². The number of imidazole rings is 1. The number of para-hydroxylation sites is 1. The van der Waals surface area contributed by atoms with Crippen LogP contribution in [0.5, 0.6) is 0 Å². The van der Waals surface area contributed by atoms with Gasteiger partial charge in [0.25, 0.3) is 0 Å². The van der Waals surface area contributed by atoms with E-state index in [0.29, 0.717) is 17.1 Å². The first-order valence-corrected chi connectivity index (χ1v) is 5.66. The van der Waals surface area contributed by atoms with Crippen LogP contribution in [0.15, 0.2) is 36.4 Å². The number of H-pyrrole nitrogens is 1. The van der Waals surface area contributed by atoms with Crippen molar-refractivity contribution in [2.24, 2.45) is 0 Å². The molecule has 0 saturated carbocycles. The van der Waals surface area contributed by atoms with Crippen LogP contribution in [0, 0.1) is 12.7 Å². The van der Waals surface area contributed by atoms with E-state index in [2.05, 4.69) is 9.97 Å². The van der Waals surface area contributed by atoms with Gasteiger partial charge in [-0.15, -0.1) is 0 Å². The van der Waals surface area contributed by atoms with Gasteiger partial charge in [0.15, 0.2) is 0 Å². The van der Waals surface area contributed by atoms with Crippen molar-refractivity contribution in [2.75, 3.05) is 5.73 Å². The molecule has 18 heavy (non-hydrogen) atoms. The van der Waals surface area contributed by atoms with Crippen LogP contribution in [0.4, 0.5) is 10.1 Å². The van der Waals surface area contributed by atoms with E-state index >= 15 is 0 Å². The number of aryl methyl sites for hydroxylation is 1. The third kappa shape index (κ3) is 1.62. The molecule has 1 heterocycles. The number of benzene rings is 2. The van der Waals surface area contributed by atoms with Gasteiger partial charge < -0.3 is 10.7 Å². The van der Waals surface area contributed by atoms with Crippen molar-refractivity contribution < 1.29 is 4.39 Å². The Kier molecular flexibility index (Phi) is 2.30. The molecule has 90 valence electrons. The summed E-state index contributed by atoms with van der Waals surface area (Å²) in [5, 5.41) is 0. The number of aromatic nitrogens is 2. The second kappa shape index (κ2) is 3.84. The van der Waals surface area contributed by atoms with Crippen molar-refractivity contribution in [3.05, 3.63) is 47.8 Å². The molecule has 0 radical (unpaired) electrons. The Balaban J connectivity index is 2.26. The Morgan fingerprint density at radius 3 is 2.83 bits per heavy atom. The zero-order chi connectivity index (χ0) is 12.7. The molecule has 0 aliphatic rings. The number of nitrogen functional groups attached to an aromatic ring is 1. The molecule has 2 aromatic carbocycles. The number of halogens is 1. The van der Waals surface area contributed by atoms with Crippen LogP contribution >= 0.6 is 0 Å². The Hall–Kier alpha value is -2.36. The molecule has 0 atom stereocenters. The number of fused-ring (bicyclic) bond motifs is 1. The molecule has 0 unspecified atom stereocenters. The average molecular weight is 241 g/mol. The average Bonchev–Trinajstić information content (AvgIpc) is 2.77. The minimum Gasteiger partial charge on any atom is -0.398 e. The molecule has 0 bridgehead atoms. The van der Waals surface area contributed by atoms with Gasteiger partial charge in [0, 0.05) is 11.3 Å². The lowest BCUT2D eigenvalue weighted by Gasteiger charge is -2.01. The van der Waals surface area contributed by atoms with Gasteiger partial charge in [-0.1, -0.05) is 12.1 Å². The maximum absolute atomic E-state index is 13.3. The van der Waals surface area contributed by atoms with Crippen LogP contribution in [0.3, 0.4) is 0 Å². The number of anilines is 1. The fraction of sp³-hybridized carbons (Fsp3) is 0.0714. The van der Waals surface area contributed by atoms with Crippen molar-refractivity contribution in [1.29, 1.82) is 0 Å². The normalized spacial score (nSPS) is 11.0. The lowest BCUT2D eigenvalue weighted by molar-refractivity contribution is 0.628. The summed E-state index contributed by atoms with van der Waals surface area (Å²) in [5.74, 6) is 0.271. The van der Waals surface area contributed by atoms with Crippen LogP contribution in [0.2, 0.25) is 0 Å². The van der Waals surface area contributed by atoms with E-state index in [1.54, 1.807) is 6.07 Å². The summed E-state index contributed by atoms with van der Waals surface area (Å²) in [4.78, 5) is 7.65. The van der Waals surface area contributed by atoms with Gasteiger partial charge in [-0.2, -0.15) is 0 Å². The number of aromatic amines is 1. The highest BCUT2D eigenvalue weighted by Gasteiger charge is 2.10. The first-order valence-electron chi connectivity index (χ1n) is 5.66. The first-order chi connectivity index (χ1) is 8.65. The second-order valence-corrected chi connectivity index (χ2v) is 4.29. The smallest absolute Gasteiger partial charge is 0.140 e. The zero-order valence-electron chi connectivity index (χ0n) is 9.87. The van der Waals surface area contributed by atoms with Gasteiger partial charge in [0.1, 0.15) is 11.6 Å². The molecule has 0 saturated heterocycles. The Labute approximate surface area is 103 Å². The standard InChI is InChI=1S/C14H12FN3/c1-8-3-2-4-12-13(8)18-14(17-12)10-7-9(15)5-6-11(10)16/h2-7H,16H2,1H3,(H,17,18). The van der Waals surface area contributed by atoms with Gasteiger partial charge in [0.05, 0.1) is 11.0 Å². The summed E-state index contributed by atoms with van der Waals surface area (Å²) in [6.45, 7) is 1.99. The molecule has 0 aliphatic heterocycles. The van der Waals surface area contributed by atoms with Crippen LogP contribution in [0.25, 0.3) is 22.4 Å². The molecule has 0 amide bonds. The highest BCUT2D eigenvalue weighted by Crippen LogP contribution is 2.27. The lowest BCUT2D eigenvalue weighted by Crippen LogP contribution is -1.92. The summed E-state index contributed by atoms with van der Waals surface area (Å²) < 4.78 is 13.3. The fourth-order valence-electron chi connectivity index (χ4n) is 2.04. The molecule has 4 heteroatoms. The molecule has 3 N–H and O–H groups in total. The Bertz CT molecular complexity index is 731. The molecule has 3 rings (SSSR count). The molecule has 3 nitrogen and oxygen atoms in total. The summed E-state index contributed by atoms with van der Waals surface area (Å²) in [6.07, 6.45) is 0. The van der Waals surface area contributed by atoms with E-state index in [-0.39, 0.29) is 5.82 Å². The van der Waals surface area contributed by atoms with E-state index in [9.17, 15) is 4.39 Å². The fourth-order valence-corrected chi connectivity index (χ4v) is 2.04. The van der Waals surface area contributed by atoms with Gasteiger partial charge in [0.2, 0.25) is 0 Å². The summed E-state index contributed by atoms with van der Waals surface area (Å²) in [7, 11) is 0. The van der Waals surface area contributed by atoms with E-state index in [1.165, 1.54) is 12.1 Å². The molecule has 0 aliphatic carbocycles.